The Morgan fingerprint density at radius 1 is 1.09 bits per heavy atom. The van der Waals surface area contributed by atoms with Gasteiger partial charge in [0.25, 0.3) is 17.2 Å². The van der Waals surface area contributed by atoms with E-state index < -0.39 is 17.4 Å². The first kappa shape index (κ1) is 23.7. The molecule has 1 aliphatic rings. The van der Waals surface area contributed by atoms with Crippen LogP contribution in [-0.2, 0) is 20.7 Å². The maximum Gasteiger partial charge on any atom is 0.326 e. The van der Waals surface area contributed by atoms with E-state index in [1.54, 1.807) is 41.2 Å². The standard InChI is InChI=1S/C25H25ClN4O4/c1-5-19-20(24(32)30(27-19)18-8-6-7-17(26)13-18)21-22(28-10-9-15(2)16(3)14-28)25(33)29(23(21)31)11-12-34-4/h6-10,13-14H,5,11-12H2,1-4H3/p+1. The number of pyridine rings is 1. The molecule has 1 N–H and O–H groups in total. The summed E-state index contributed by atoms with van der Waals surface area (Å²) in [5, 5.41) is 3.58. The van der Waals surface area contributed by atoms with Crippen molar-refractivity contribution in [1.29, 1.82) is 0 Å². The van der Waals surface area contributed by atoms with Crippen molar-refractivity contribution in [3.8, 4) is 5.69 Å². The molecule has 0 atom stereocenters. The number of aromatic nitrogens is 3. The summed E-state index contributed by atoms with van der Waals surface area (Å²) in [5.74, 6) is -0.992. The second-order valence-electron chi connectivity index (χ2n) is 8.14. The lowest BCUT2D eigenvalue weighted by Crippen LogP contribution is -2.41. The van der Waals surface area contributed by atoms with Gasteiger partial charge in [-0.15, -0.1) is 0 Å². The van der Waals surface area contributed by atoms with Crippen LogP contribution in [0.4, 0.5) is 0 Å². The molecular formula is C25H26ClN4O4+. The molecule has 4 rings (SSSR count). The Labute approximate surface area is 202 Å². The summed E-state index contributed by atoms with van der Waals surface area (Å²) in [4.78, 5) is 41.8. The Hall–Kier alpha value is -3.49. The van der Waals surface area contributed by atoms with Crippen molar-refractivity contribution in [2.24, 2.45) is 0 Å². The Kier molecular flexibility index (Phi) is 6.54. The van der Waals surface area contributed by atoms with Crippen LogP contribution in [-0.4, -0.2) is 46.8 Å². The molecule has 0 saturated heterocycles. The third kappa shape index (κ3) is 3.99. The summed E-state index contributed by atoms with van der Waals surface area (Å²) >= 11 is 6.14. The van der Waals surface area contributed by atoms with Crippen LogP contribution in [0.25, 0.3) is 17.0 Å². The molecule has 3 aromatic rings. The molecule has 0 fully saturated rings. The van der Waals surface area contributed by atoms with E-state index in [2.05, 4.69) is 5.10 Å². The van der Waals surface area contributed by atoms with Crippen LogP contribution < -0.4 is 10.1 Å². The van der Waals surface area contributed by atoms with Crippen LogP contribution in [0, 0.1) is 13.8 Å². The van der Waals surface area contributed by atoms with Gasteiger partial charge in [-0.2, -0.15) is 4.57 Å². The summed E-state index contributed by atoms with van der Waals surface area (Å²) in [7, 11) is 1.50. The number of imide groups is 1. The Morgan fingerprint density at radius 2 is 1.85 bits per heavy atom. The molecule has 1 aliphatic heterocycles. The molecule has 0 saturated carbocycles. The molecule has 176 valence electrons. The Morgan fingerprint density at radius 3 is 2.50 bits per heavy atom. The molecule has 0 radical (unpaired) electrons. The van der Waals surface area contributed by atoms with E-state index in [1.807, 2.05) is 26.8 Å². The zero-order valence-corrected chi connectivity index (χ0v) is 20.3. The number of benzene rings is 1. The lowest BCUT2D eigenvalue weighted by molar-refractivity contribution is -0.577. The molecule has 34 heavy (non-hydrogen) atoms. The molecule has 0 aliphatic carbocycles. The quantitative estimate of drug-likeness (QED) is 0.415. The molecule has 2 aromatic heterocycles. The average molecular weight is 482 g/mol. The second-order valence-corrected chi connectivity index (χ2v) is 8.57. The second kappa shape index (κ2) is 9.40. The van der Waals surface area contributed by atoms with Gasteiger partial charge < -0.3 is 4.74 Å². The molecule has 1 aromatic carbocycles. The normalized spacial score (nSPS) is 14.0. The largest absolute Gasteiger partial charge is 0.383 e. The van der Waals surface area contributed by atoms with Crippen LogP contribution in [0.2, 0.25) is 5.02 Å². The first-order chi connectivity index (χ1) is 16.3. The van der Waals surface area contributed by atoms with Gasteiger partial charge in [0.2, 0.25) is 0 Å². The third-order valence-electron chi connectivity index (χ3n) is 6.00. The summed E-state index contributed by atoms with van der Waals surface area (Å²) in [6, 6.07) is 8.72. The molecule has 0 bridgehead atoms. The van der Waals surface area contributed by atoms with Crippen LogP contribution in [0.15, 0.2) is 47.5 Å². The van der Waals surface area contributed by atoms with Crippen molar-refractivity contribution < 1.29 is 18.9 Å². The molecule has 2 amide bonds. The van der Waals surface area contributed by atoms with E-state index in [4.69, 9.17) is 16.3 Å². The van der Waals surface area contributed by atoms with Crippen LogP contribution in [0.1, 0.15) is 29.3 Å². The fraction of sp³-hybridized carbons (Fsp3) is 0.280. The number of aromatic amines is 1. The van der Waals surface area contributed by atoms with E-state index in [0.717, 1.165) is 16.0 Å². The Bertz CT molecular complexity index is 1390. The predicted octanol–water partition coefficient (Wildman–Crippen LogP) is 2.67. The van der Waals surface area contributed by atoms with Gasteiger partial charge in [-0.05, 0) is 44.0 Å². The Balaban J connectivity index is 1.99. The zero-order chi connectivity index (χ0) is 24.6. The summed E-state index contributed by atoms with van der Waals surface area (Å²) in [5.41, 5.74) is 3.06. The van der Waals surface area contributed by atoms with Gasteiger partial charge in [0.05, 0.1) is 24.4 Å². The maximum atomic E-state index is 13.7. The minimum atomic E-state index is -0.521. The number of aryl methyl sites for hydroxylation is 3. The van der Waals surface area contributed by atoms with Gasteiger partial charge in [0.15, 0.2) is 12.4 Å². The molecule has 3 heterocycles. The highest BCUT2D eigenvalue weighted by atomic mass is 35.5. The van der Waals surface area contributed by atoms with Gasteiger partial charge in [0.1, 0.15) is 5.57 Å². The molecule has 0 unspecified atom stereocenters. The van der Waals surface area contributed by atoms with Gasteiger partial charge in [0, 0.05) is 29.5 Å². The van der Waals surface area contributed by atoms with Crippen LogP contribution >= 0.6 is 11.6 Å². The lowest BCUT2D eigenvalue weighted by Gasteiger charge is -2.12. The molecular weight excluding hydrogens is 456 g/mol. The van der Waals surface area contributed by atoms with E-state index >= 15 is 0 Å². The maximum absolute atomic E-state index is 13.7. The summed E-state index contributed by atoms with van der Waals surface area (Å²) in [6.45, 7) is 6.05. The first-order valence-corrected chi connectivity index (χ1v) is 11.3. The van der Waals surface area contributed by atoms with Crippen molar-refractivity contribution in [3.05, 3.63) is 80.5 Å². The van der Waals surface area contributed by atoms with Crippen molar-refractivity contribution in [2.45, 2.75) is 27.2 Å². The molecule has 0 spiro atoms. The minimum absolute atomic E-state index is 0.0771. The number of rotatable bonds is 7. The number of halogens is 1. The van der Waals surface area contributed by atoms with E-state index in [0.29, 0.717) is 22.8 Å². The van der Waals surface area contributed by atoms with Gasteiger partial charge in [-0.1, -0.05) is 24.6 Å². The predicted molar refractivity (Wildman–Crippen MR) is 129 cm³/mol. The number of hydrogen-bond acceptors (Lipinski definition) is 4. The number of carbonyl (C=O) groups is 2. The van der Waals surface area contributed by atoms with Gasteiger partial charge >= 0.3 is 5.91 Å². The minimum Gasteiger partial charge on any atom is -0.383 e. The number of nitrogens with zero attached hydrogens (tertiary/aromatic N) is 3. The first-order valence-electron chi connectivity index (χ1n) is 11.0. The molecule has 8 nitrogen and oxygen atoms in total. The van der Waals surface area contributed by atoms with Crippen molar-refractivity contribution >= 4 is 34.7 Å². The fourth-order valence-electron chi connectivity index (χ4n) is 4.02. The lowest BCUT2D eigenvalue weighted by atomic mass is 10.0. The molecule has 9 heteroatoms. The van der Waals surface area contributed by atoms with Crippen LogP contribution in [0.5, 0.6) is 0 Å². The summed E-state index contributed by atoms with van der Waals surface area (Å²) < 4.78 is 8.08. The van der Waals surface area contributed by atoms with Crippen LogP contribution in [0.3, 0.4) is 0 Å². The van der Waals surface area contributed by atoms with E-state index in [1.165, 1.54) is 11.8 Å². The fourth-order valence-corrected chi connectivity index (χ4v) is 4.21. The van der Waals surface area contributed by atoms with Crippen molar-refractivity contribution in [2.75, 3.05) is 20.3 Å². The highest BCUT2D eigenvalue weighted by Crippen LogP contribution is 2.30. The number of hydrogen-bond donors (Lipinski definition) is 1. The van der Waals surface area contributed by atoms with Crippen molar-refractivity contribution in [3.63, 3.8) is 0 Å². The SMILES string of the molecule is CCc1[nH]n(-c2cccc(Cl)c2)c(=O)c1C1=C([n+]2ccc(C)c(C)c2)C(=O)N(CCOC)C1=O. The monoisotopic (exact) mass is 481 g/mol. The zero-order valence-electron chi connectivity index (χ0n) is 19.5. The number of methoxy groups -OCH3 is 1. The van der Waals surface area contributed by atoms with Gasteiger partial charge in [-0.25, -0.2) is 4.68 Å². The number of H-pyrrole nitrogens is 1. The number of carbonyl (C=O) groups excluding carboxylic acids is 2. The number of nitrogens with one attached hydrogen (secondary N) is 1. The summed E-state index contributed by atoms with van der Waals surface area (Å²) in [6.07, 6.45) is 3.98. The van der Waals surface area contributed by atoms with Gasteiger partial charge in [-0.3, -0.25) is 24.4 Å². The highest BCUT2D eigenvalue weighted by molar-refractivity contribution is 6.44. The topological polar surface area (TPSA) is 88.3 Å². The van der Waals surface area contributed by atoms with E-state index in [-0.39, 0.29) is 30.0 Å². The third-order valence-corrected chi connectivity index (χ3v) is 6.23. The van der Waals surface area contributed by atoms with Crippen molar-refractivity contribution in [1.82, 2.24) is 14.7 Å². The smallest absolute Gasteiger partial charge is 0.326 e. The average Bonchev–Trinajstić information content (AvgIpc) is 3.26. The number of ether oxygens (including phenoxy) is 1. The number of amides is 2. The highest BCUT2D eigenvalue weighted by Gasteiger charge is 2.47. The van der Waals surface area contributed by atoms with E-state index in [9.17, 15) is 14.4 Å².